The first-order valence-corrected chi connectivity index (χ1v) is 10.7. The Morgan fingerprint density at radius 1 is 1.25 bits per heavy atom. The molecular formula is C19H28Si. The van der Waals surface area contributed by atoms with Gasteiger partial charge >= 0.3 is 0 Å². The minimum atomic E-state index is -1.51. The third kappa shape index (κ3) is 2.33. The smallest absolute Gasteiger partial charge is 0.103 e. The van der Waals surface area contributed by atoms with Crippen LogP contribution in [0.1, 0.15) is 40.5 Å². The van der Waals surface area contributed by atoms with E-state index in [0.717, 1.165) is 12.8 Å². The summed E-state index contributed by atoms with van der Waals surface area (Å²) >= 11 is 0. The molecule has 0 fully saturated rings. The molecule has 0 aromatic heterocycles. The summed E-state index contributed by atoms with van der Waals surface area (Å²) in [6, 6.07) is 0. The lowest BCUT2D eigenvalue weighted by atomic mass is 10.1. The van der Waals surface area contributed by atoms with Crippen LogP contribution < -0.4 is 0 Å². The van der Waals surface area contributed by atoms with Crippen molar-refractivity contribution >= 4 is 8.07 Å². The molecule has 0 amide bonds. The second kappa shape index (κ2) is 5.36. The highest BCUT2D eigenvalue weighted by Crippen LogP contribution is 2.45. The van der Waals surface area contributed by atoms with Crippen molar-refractivity contribution in [2.75, 3.05) is 0 Å². The molecule has 0 N–H and O–H groups in total. The molecular weight excluding hydrogens is 256 g/mol. The van der Waals surface area contributed by atoms with E-state index >= 15 is 0 Å². The van der Waals surface area contributed by atoms with E-state index in [1.807, 2.05) is 6.08 Å². The molecule has 0 spiro atoms. The van der Waals surface area contributed by atoms with Gasteiger partial charge in [-0.1, -0.05) is 59.8 Å². The minimum absolute atomic E-state index is 0.640. The van der Waals surface area contributed by atoms with Crippen molar-refractivity contribution in [3.05, 3.63) is 57.5 Å². The van der Waals surface area contributed by atoms with E-state index in [1.165, 1.54) is 11.1 Å². The minimum Gasteiger partial charge on any atom is -0.103 e. The van der Waals surface area contributed by atoms with Crippen molar-refractivity contribution in [1.29, 1.82) is 0 Å². The molecule has 0 heterocycles. The number of hydrogen-bond acceptors (Lipinski definition) is 0. The van der Waals surface area contributed by atoms with Gasteiger partial charge in [0.1, 0.15) is 8.07 Å². The molecule has 0 saturated carbocycles. The van der Waals surface area contributed by atoms with E-state index < -0.39 is 8.07 Å². The monoisotopic (exact) mass is 284 g/mol. The molecule has 108 valence electrons. The van der Waals surface area contributed by atoms with Crippen molar-refractivity contribution in [1.82, 2.24) is 0 Å². The first-order valence-electron chi connectivity index (χ1n) is 7.70. The van der Waals surface area contributed by atoms with Crippen LogP contribution in [0.4, 0.5) is 0 Å². The van der Waals surface area contributed by atoms with Gasteiger partial charge in [0.05, 0.1) is 0 Å². The number of allylic oxidation sites excluding steroid dienone is 9. The maximum atomic E-state index is 3.86. The second-order valence-electron chi connectivity index (χ2n) is 6.84. The summed E-state index contributed by atoms with van der Waals surface area (Å²) in [5.41, 5.74) is 6.15. The van der Waals surface area contributed by atoms with Crippen molar-refractivity contribution in [3.8, 4) is 0 Å². The Labute approximate surface area is 125 Å². The summed E-state index contributed by atoms with van der Waals surface area (Å²) in [6.45, 7) is 18.3. The van der Waals surface area contributed by atoms with Crippen molar-refractivity contribution in [2.24, 2.45) is 5.92 Å². The topological polar surface area (TPSA) is 0 Å². The molecule has 0 nitrogen and oxygen atoms in total. The zero-order valence-corrected chi connectivity index (χ0v) is 14.9. The summed E-state index contributed by atoms with van der Waals surface area (Å²) in [7, 11) is -1.51. The highest BCUT2D eigenvalue weighted by atomic mass is 28.3. The van der Waals surface area contributed by atoms with Gasteiger partial charge in [0, 0.05) is 0 Å². The summed E-state index contributed by atoms with van der Waals surface area (Å²) in [5, 5.41) is 3.45. The fourth-order valence-corrected chi connectivity index (χ4v) is 7.80. The van der Waals surface area contributed by atoms with E-state index in [9.17, 15) is 0 Å². The average Bonchev–Trinajstić information content (AvgIpc) is 2.92. The fourth-order valence-electron chi connectivity index (χ4n) is 3.87. The highest BCUT2D eigenvalue weighted by molar-refractivity contribution is 6.91. The van der Waals surface area contributed by atoms with Gasteiger partial charge in [0.2, 0.25) is 0 Å². The van der Waals surface area contributed by atoms with E-state index in [0.29, 0.717) is 5.92 Å². The van der Waals surface area contributed by atoms with Crippen LogP contribution in [0.25, 0.3) is 0 Å². The van der Waals surface area contributed by atoms with Gasteiger partial charge in [-0.25, -0.2) is 0 Å². The zero-order valence-electron chi connectivity index (χ0n) is 13.9. The Bertz CT molecular complexity index is 565. The molecule has 1 atom stereocenters. The third-order valence-corrected chi connectivity index (χ3v) is 9.55. The van der Waals surface area contributed by atoms with Crippen LogP contribution >= 0.6 is 0 Å². The molecule has 2 aliphatic carbocycles. The molecule has 20 heavy (non-hydrogen) atoms. The lowest BCUT2D eigenvalue weighted by Gasteiger charge is -2.31. The van der Waals surface area contributed by atoms with Crippen LogP contribution in [0.15, 0.2) is 57.5 Å². The molecule has 1 heteroatoms. The summed E-state index contributed by atoms with van der Waals surface area (Å²) in [5.74, 6) is 0.640. The fraction of sp³-hybridized carbons (Fsp3) is 0.474. The number of hydrogen-bond donors (Lipinski definition) is 0. The quantitative estimate of drug-likeness (QED) is 0.445. The maximum Gasteiger partial charge on any atom is 0.104 e. The van der Waals surface area contributed by atoms with Crippen LogP contribution in [0.3, 0.4) is 0 Å². The van der Waals surface area contributed by atoms with Gasteiger partial charge in [0.25, 0.3) is 0 Å². The number of rotatable bonds is 4. The lowest BCUT2D eigenvalue weighted by molar-refractivity contribution is 0.847. The second-order valence-corrected chi connectivity index (χ2v) is 11.3. The first-order chi connectivity index (χ1) is 9.30. The van der Waals surface area contributed by atoms with E-state index in [2.05, 4.69) is 59.5 Å². The Kier molecular flexibility index (Phi) is 4.11. The first kappa shape index (κ1) is 15.3. The molecule has 1 unspecified atom stereocenters. The molecule has 2 aliphatic rings. The molecule has 0 aromatic carbocycles. The van der Waals surface area contributed by atoms with Crippen LogP contribution in [0, 0.1) is 5.92 Å². The largest absolute Gasteiger partial charge is 0.104 e. The Morgan fingerprint density at radius 3 is 2.40 bits per heavy atom. The molecule has 0 saturated heterocycles. The Balaban J connectivity index is 2.35. The normalized spacial score (nSPS) is 23.4. The van der Waals surface area contributed by atoms with E-state index in [-0.39, 0.29) is 0 Å². The predicted octanol–water partition coefficient (Wildman–Crippen LogP) is 5.91. The van der Waals surface area contributed by atoms with Crippen LogP contribution in [-0.4, -0.2) is 8.07 Å². The molecule has 0 bridgehead atoms. The van der Waals surface area contributed by atoms with Gasteiger partial charge in [-0.3, -0.25) is 0 Å². The SMILES string of the molecule is C=CCC1=CCC([Si](C)(C)C2=C(C)C(C)=C(C)C2C)=C1. The van der Waals surface area contributed by atoms with Gasteiger partial charge in [0.15, 0.2) is 0 Å². The zero-order chi connectivity index (χ0) is 15.1. The third-order valence-electron chi connectivity index (χ3n) is 5.44. The maximum absolute atomic E-state index is 3.86. The lowest BCUT2D eigenvalue weighted by Crippen LogP contribution is -2.35. The highest BCUT2D eigenvalue weighted by Gasteiger charge is 2.38. The Hall–Kier alpha value is -1.08. The van der Waals surface area contributed by atoms with Gasteiger partial charge < -0.3 is 0 Å². The Morgan fingerprint density at radius 2 is 1.90 bits per heavy atom. The molecule has 0 radical (unpaired) electrons. The van der Waals surface area contributed by atoms with Crippen molar-refractivity contribution < 1.29 is 0 Å². The van der Waals surface area contributed by atoms with Crippen LogP contribution in [0.5, 0.6) is 0 Å². The predicted molar refractivity (Wildman–Crippen MR) is 93.3 cm³/mol. The van der Waals surface area contributed by atoms with E-state index in [4.69, 9.17) is 0 Å². The summed E-state index contributed by atoms with van der Waals surface area (Å²) in [4.78, 5) is 0. The summed E-state index contributed by atoms with van der Waals surface area (Å²) < 4.78 is 0. The molecule has 2 rings (SSSR count). The van der Waals surface area contributed by atoms with Crippen LogP contribution in [-0.2, 0) is 0 Å². The standard InChI is InChI=1S/C19H28Si/c1-8-9-17-10-11-18(12-17)20(6,7)19-15(4)13(2)14(3)16(19)5/h8,10,12,15H,1,9,11H2,2-7H3. The van der Waals surface area contributed by atoms with Gasteiger partial charge in [-0.2, -0.15) is 0 Å². The molecule has 0 aliphatic heterocycles. The average molecular weight is 285 g/mol. The molecule has 0 aromatic rings. The van der Waals surface area contributed by atoms with E-state index in [1.54, 1.807) is 21.5 Å². The van der Waals surface area contributed by atoms with Crippen molar-refractivity contribution in [2.45, 2.75) is 53.6 Å². The van der Waals surface area contributed by atoms with Crippen molar-refractivity contribution in [3.63, 3.8) is 0 Å². The van der Waals surface area contributed by atoms with Crippen LogP contribution in [0.2, 0.25) is 13.1 Å². The summed E-state index contributed by atoms with van der Waals surface area (Å²) in [6.07, 6.45) is 9.04. The van der Waals surface area contributed by atoms with Gasteiger partial charge in [-0.15, -0.1) is 6.58 Å². The van der Waals surface area contributed by atoms with Gasteiger partial charge in [-0.05, 0) is 50.7 Å².